The summed E-state index contributed by atoms with van der Waals surface area (Å²) >= 11 is 1.59. The van der Waals surface area contributed by atoms with Gasteiger partial charge in [-0.3, -0.25) is 9.59 Å². The molecule has 0 unspecified atom stereocenters. The zero-order chi connectivity index (χ0) is 18.2. The average Bonchev–Trinajstić information content (AvgIpc) is 3.19. The third-order valence-electron chi connectivity index (χ3n) is 7.58. The van der Waals surface area contributed by atoms with Gasteiger partial charge in [0.1, 0.15) is 4.83 Å². The van der Waals surface area contributed by atoms with Gasteiger partial charge in [-0.15, -0.1) is 11.3 Å². The van der Waals surface area contributed by atoms with Crippen molar-refractivity contribution in [3.63, 3.8) is 0 Å². The Morgan fingerprint density at radius 2 is 1.85 bits per heavy atom. The third kappa shape index (κ3) is 2.52. The number of amides is 1. The van der Waals surface area contributed by atoms with Gasteiger partial charge in [-0.25, -0.2) is 4.98 Å². The van der Waals surface area contributed by atoms with Crippen LogP contribution in [0.25, 0.3) is 10.2 Å². The van der Waals surface area contributed by atoms with Crippen molar-refractivity contribution in [3.8, 4) is 0 Å². The molecule has 6 heteroatoms. The summed E-state index contributed by atoms with van der Waals surface area (Å²) in [5.41, 5.74) is 1.29. The topological polar surface area (TPSA) is 74.8 Å². The lowest BCUT2D eigenvalue weighted by atomic mass is 9.49. The number of aromatic nitrogens is 2. The van der Waals surface area contributed by atoms with Gasteiger partial charge >= 0.3 is 0 Å². The molecule has 0 radical (unpaired) electrons. The Labute approximate surface area is 162 Å². The van der Waals surface area contributed by atoms with Gasteiger partial charge < -0.3 is 10.3 Å². The molecule has 0 spiro atoms. The highest BCUT2D eigenvalue weighted by Gasteiger charge is 2.50. The number of nitrogens with zero attached hydrogens (tertiary/aromatic N) is 1. The molecule has 0 aromatic carbocycles. The highest BCUT2D eigenvalue weighted by molar-refractivity contribution is 7.18. The predicted molar refractivity (Wildman–Crippen MR) is 105 cm³/mol. The molecule has 2 aromatic rings. The van der Waals surface area contributed by atoms with Crippen LogP contribution in [0.3, 0.4) is 0 Å². The molecule has 27 heavy (non-hydrogen) atoms. The van der Waals surface area contributed by atoms with Crippen molar-refractivity contribution in [2.24, 2.45) is 23.2 Å². The van der Waals surface area contributed by atoms with E-state index in [4.69, 9.17) is 0 Å². The van der Waals surface area contributed by atoms with Crippen LogP contribution >= 0.6 is 11.3 Å². The number of fused-ring (bicyclic) bond motifs is 3. The van der Waals surface area contributed by atoms with Crippen LogP contribution in [-0.4, -0.2) is 22.4 Å². The largest absolute Gasteiger partial charge is 0.349 e. The first-order valence-electron chi connectivity index (χ1n) is 10.4. The molecule has 4 bridgehead atoms. The molecule has 142 valence electrons. The highest BCUT2D eigenvalue weighted by Crippen LogP contribution is 2.59. The number of carbonyl (C=O) groups is 1. The van der Waals surface area contributed by atoms with Gasteiger partial charge in [0.2, 0.25) is 5.82 Å². The summed E-state index contributed by atoms with van der Waals surface area (Å²) in [5, 5.41) is 3.84. The molecule has 4 fully saturated rings. The van der Waals surface area contributed by atoms with Gasteiger partial charge in [0, 0.05) is 11.4 Å². The number of nitrogens with one attached hydrogen (secondary N) is 2. The Balaban J connectivity index is 1.24. The number of thiophene rings is 1. The molecule has 2 aromatic heterocycles. The average molecular weight is 384 g/mol. The molecule has 0 aliphatic heterocycles. The lowest BCUT2D eigenvalue weighted by Gasteiger charge is -2.56. The second kappa shape index (κ2) is 5.66. The number of hydrogen-bond donors (Lipinski definition) is 2. The van der Waals surface area contributed by atoms with Crippen molar-refractivity contribution in [2.45, 2.75) is 57.8 Å². The molecule has 4 saturated carbocycles. The summed E-state index contributed by atoms with van der Waals surface area (Å²) in [6.45, 7) is 0.734. The Kier molecular flexibility index (Phi) is 3.41. The van der Waals surface area contributed by atoms with Gasteiger partial charge in [0.15, 0.2) is 0 Å². The van der Waals surface area contributed by atoms with E-state index in [9.17, 15) is 9.59 Å². The molecule has 1 amide bonds. The molecular formula is C21H25N3O2S. The quantitative estimate of drug-likeness (QED) is 0.853. The van der Waals surface area contributed by atoms with Crippen LogP contribution in [0, 0.1) is 23.2 Å². The van der Waals surface area contributed by atoms with Crippen LogP contribution in [0.15, 0.2) is 4.79 Å². The molecule has 7 rings (SSSR count). The zero-order valence-electron chi connectivity index (χ0n) is 15.5. The molecule has 0 saturated heterocycles. The smallest absolute Gasteiger partial charge is 0.287 e. The number of H-pyrrole nitrogens is 1. The van der Waals surface area contributed by atoms with E-state index < -0.39 is 0 Å². The standard InChI is InChI=1S/C21H25N3O2S/c25-18-16-14-2-1-3-15(14)27-20(16)24-17(23-18)19(26)22-10-21-7-11-4-12(8-21)6-13(5-11)9-21/h11-13H,1-10H2,(H,22,26)(H,23,24,25). The maximum Gasteiger partial charge on any atom is 0.287 e. The first kappa shape index (κ1) is 16.3. The summed E-state index contributed by atoms with van der Waals surface area (Å²) in [4.78, 5) is 34.6. The minimum Gasteiger partial charge on any atom is -0.349 e. The van der Waals surface area contributed by atoms with Crippen LogP contribution in [0.2, 0.25) is 0 Å². The second-order valence-electron chi connectivity index (χ2n) is 9.55. The fraction of sp³-hybridized carbons (Fsp3) is 0.667. The predicted octanol–water partition coefficient (Wildman–Crippen LogP) is 3.42. The van der Waals surface area contributed by atoms with Gasteiger partial charge in [-0.2, -0.15) is 0 Å². The maximum atomic E-state index is 12.8. The van der Waals surface area contributed by atoms with Gasteiger partial charge in [0.25, 0.3) is 11.5 Å². The van der Waals surface area contributed by atoms with Crippen LogP contribution in [-0.2, 0) is 12.8 Å². The van der Waals surface area contributed by atoms with Crippen LogP contribution in [0.4, 0.5) is 0 Å². The SMILES string of the molecule is O=C(NCC12CC3CC(CC(C3)C1)C2)c1nc2sc3c(c2c(=O)[nH]1)CCC3. The van der Waals surface area contributed by atoms with Crippen molar-refractivity contribution >= 4 is 27.5 Å². The van der Waals surface area contributed by atoms with E-state index >= 15 is 0 Å². The molecule has 2 N–H and O–H groups in total. The summed E-state index contributed by atoms with van der Waals surface area (Å²) in [6.07, 6.45) is 11.1. The minimum absolute atomic E-state index is 0.153. The number of carbonyl (C=O) groups excluding carboxylic acids is 1. The number of aryl methyl sites for hydroxylation is 2. The van der Waals surface area contributed by atoms with E-state index in [0.29, 0.717) is 10.8 Å². The highest BCUT2D eigenvalue weighted by atomic mass is 32.1. The van der Waals surface area contributed by atoms with Crippen LogP contribution in [0.1, 0.15) is 66.0 Å². The van der Waals surface area contributed by atoms with Crippen LogP contribution in [0.5, 0.6) is 0 Å². The first-order chi connectivity index (χ1) is 13.1. The van der Waals surface area contributed by atoms with E-state index in [0.717, 1.165) is 54.0 Å². The third-order valence-corrected chi connectivity index (χ3v) is 8.76. The Morgan fingerprint density at radius 3 is 2.56 bits per heavy atom. The van der Waals surface area contributed by atoms with Gasteiger partial charge in [-0.1, -0.05) is 0 Å². The van der Waals surface area contributed by atoms with Crippen molar-refractivity contribution in [3.05, 3.63) is 26.6 Å². The molecule has 5 aliphatic rings. The van der Waals surface area contributed by atoms with E-state index in [1.165, 1.54) is 43.4 Å². The fourth-order valence-electron chi connectivity index (χ4n) is 6.97. The number of hydrogen-bond acceptors (Lipinski definition) is 4. The number of aromatic amines is 1. The second-order valence-corrected chi connectivity index (χ2v) is 10.6. The minimum atomic E-state index is -0.224. The molecule has 0 atom stereocenters. The summed E-state index contributed by atoms with van der Waals surface area (Å²) < 4.78 is 0. The van der Waals surface area contributed by atoms with Crippen molar-refractivity contribution in [1.82, 2.24) is 15.3 Å². The van der Waals surface area contributed by atoms with E-state index in [1.807, 2.05) is 0 Å². The zero-order valence-corrected chi connectivity index (χ0v) is 16.3. The Morgan fingerprint density at radius 1 is 1.15 bits per heavy atom. The normalized spacial score (nSPS) is 33.6. The summed E-state index contributed by atoms with van der Waals surface area (Å²) in [7, 11) is 0. The van der Waals surface area contributed by atoms with Crippen molar-refractivity contribution in [2.75, 3.05) is 6.54 Å². The number of rotatable bonds is 3. The Bertz CT molecular complexity index is 969. The fourth-order valence-corrected chi connectivity index (χ4v) is 8.23. The van der Waals surface area contributed by atoms with Gasteiger partial charge in [0.05, 0.1) is 5.39 Å². The molecule has 5 nitrogen and oxygen atoms in total. The van der Waals surface area contributed by atoms with E-state index in [2.05, 4.69) is 15.3 Å². The molecule has 5 aliphatic carbocycles. The van der Waals surface area contributed by atoms with E-state index in [-0.39, 0.29) is 17.3 Å². The summed E-state index contributed by atoms with van der Waals surface area (Å²) in [6, 6.07) is 0. The lowest BCUT2D eigenvalue weighted by Crippen LogP contribution is -2.51. The molecule has 2 heterocycles. The first-order valence-corrected chi connectivity index (χ1v) is 11.2. The lowest BCUT2D eigenvalue weighted by molar-refractivity contribution is -0.0503. The monoisotopic (exact) mass is 383 g/mol. The Hall–Kier alpha value is -1.69. The summed E-state index contributed by atoms with van der Waals surface area (Å²) in [5.74, 6) is 2.57. The van der Waals surface area contributed by atoms with Crippen molar-refractivity contribution in [1.29, 1.82) is 0 Å². The van der Waals surface area contributed by atoms with E-state index in [1.54, 1.807) is 11.3 Å². The van der Waals surface area contributed by atoms with Gasteiger partial charge in [-0.05, 0) is 86.5 Å². The van der Waals surface area contributed by atoms with Crippen molar-refractivity contribution < 1.29 is 4.79 Å². The van der Waals surface area contributed by atoms with Crippen LogP contribution < -0.4 is 10.9 Å². The maximum absolute atomic E-state index is 12.8. The molecular weight excluding hydrogens is 358 g/mol.